The van der Waals surface area contributed by atoms with E-state index in [1.165, 1.54) is 0 Å². The average molecular weight is 1810 g/mol. The Hall–Kier alpha value is -7.09. The summed E-state index contributed by atoms with van der Waals surface area (Å²) < 4.78 is 76.1. The van der Waals surface area contributed by atoms with E-state index in [4.69, 9.17) is 33.2 Å². The van der Waals surface area contributed by atoms with Crippen LogP contribution in [-0.4, -0.2) is 151 Å². The van der Waals surface area contributed by atoms with Gasteiger partial charge in [-0.25, -0.2) is 0 Å². The van der Waals surface area contributed by atoms with Gasteiger partial charge in [0.2, 0.25) is 0 Å². The van der Waals surface area contributed by atoms with Crippen LogP contribution >= 0.6 is 0 Å². The fourth-order valence-corrected chi connectivity index (χ4v) is 12.9. The molecule has 0 N–H and O–H groups in total. The molecule has 0 aromatic rings. The minimum atomic E-state index is -4.32. The van der Waals surface area contributed by atoms with Crippen molar-refractivity contribution in [3.63, 3.8) is 0 Å². The number of esters is 8. The SMILES string of the molecule is CC(C)C(=O)C(CC(=O)OC(C)(C)C)C(C)C.CC(C)OC(=O)CC(C(=O)C(C)C)C1CC1.CCC(CC(=O)OC(C)(C)C)C(=O)C(C)C.CCCC(CC(=O)OCC)C(=O)C(C)C.CCOC(=O)CC(C(=O)C(C)C)C(C)C.CCOC(=O)CC(C(=O)C(C)C)C1CC1.CCOC(=O)CC(CC)C(=O)C(C)C.CCOC(=O)CC(CCC(F)(F)F)C(=O)C(C)C. The predicted molar refractivity (Wildman–Crippen MR) is 486 cm³/mol. The third-order valence-corrected chi connectivity index (χ3v) is 19.9. The number of halogens is 3. The summed E-state index contributed by atoms with van der Waals surface area (Å²) in [6.07, 6.45) is 2.90. The van der Waals surface area contributed by atoms with E-state index in [1.807, 2.05) is 201 Å². The second-order valence-electron chi connectivity index (χ2n) is 38.0. The zero-order valence-corrected chi connectivity index (χ0v) is 84.8. The van der Waals surface area contributed by atoms with Crippen molar-refractivity contribution in [2.24, 2.45) is 118 Å². The van der Waals surface area contributed by atoms with Crippen molar-refractivity contribution in [1.82, 2.24) is 0 Å². The van der Waals surface area contributed by atoms with Gasteiger partial charge in [0.05, 0.1) is 90.5 Å². The standard InChI is InChI=1S/C14H26O3.C13H22O3.C13H24O3.C12H19F3O3.C12H20O3.2C12H22O3.C11H20O3/c1-9(2)11(13(16)10(3)4)8-12(15)17-14(5,6)7;1-8(2)13(15)11(10-5-6-10)7-12(14)16-9(3)4;1-7-10(12(15)9(2)3)8-11(14)16-13(4,5)6;1-4-18-10(16)7-9(11(17)8(2)3)5-6-12(13,14)15;1-4-15-11(13)7-10(9-5-6-9)12(14)8(2)3;1-6-15-11(13)7-10(8(2)3)12(14)9(4)5;1-5-7-10(12(14)9(3)4)8-11(13)15-6-2;1-5-9(11(13)8(3)4)7-10(12)14-6-2/h9-11H,8H2,1-7H3;8-11H,5-7H2,1-4H3;9-10H,7-8H2,1-6H3;8-9H,4-7H2,1-3H3;8-10H,4-7H2,1-3H3;8-10H,6-7H2,1-5H3;9-10H,5-8H2,1-4H3;8-9H,5-7H2,1-4H3. The van der Waals surface area contributed by atoms with Crippen molar-refractivity contribution in [3.8, 4) is 0 Å². The number of hydrogen-bond acceptors (Lipinski definition) is 24. The maximum absolute atomic E-state index is 12.1. The maximum Gasteiger partial charge on any atom is 0.389 e. The van der Waals surface area contributed by atoms with E-state index in [0.717, 1.165) is 38.5 Å². The van der Waals surface area contributed by atoms with Gasteiger partial charge in [-0.3, -0.25) is 76.7 Å². The Morgan fingerprint density at radius 3 is 0.746 bits per heavy atom. The summed E-state index contributed by atoms with van der Waals surface area (Å²) in [5, 5.41) is 0. The van der Waals surface area contributed by atoms with Crippen LogP contribution in [0.5, 0.6) is 0 Å². The molecule has 126 heavy (non-hydrogen) atoms. The third-order valence-electron chi connectivity index (χ3n) is 19.9. The van der Waals surface area contributed by atoms with Gasteiger partial charge in [-0.15, -0.1) is 0 Å². The maximum atomic E-state index is 12.1. The zero-order valence-electron chi connectivity index (χ0n) is 84.8. The lowest BCUT2D eigenvalue weighted by Crippen LogP contribution is -2.31. The molecule has 0 bridgehead atoms. The first kappa shape index (κ1) is 130. The molecule has 2 aliphatic carbocycles. The number of ketones is 8. The molecule has 8 unspecified atom stereocenters. The second kappa shape index (κ2) is 68.9. The monoisotopic (exact) mass is 1810 g/mol. The van der Waals surface area contributed by atoms with Gasteiger partial charge in [0.15, 0.2) is 0 Å². The minimum Gasteiger partial charge on any atom is -0.466 e. The van der Waals surface area contributed by atoms with E-state index in [1.54, 1.807) is 48.5 Å². The molecule has 0 saturated heterocycles. The van der Waals surface area contributed by atoms with Crippen molar-refractivity contribution in [3.05, 3.63) is 0 Å². The highest BCUT2D eigenvalue weighted by atomic mass is 19.4. The smallest absolute Gasteiger partial charge is 0.389 e. The molecule has 0 spiro atoms. The number of hydrogen-bond donors (Lipinski definition) is 0. The van der Waals surface area contributed by atoms with E-state index in [9.17, 15) is 89.9 Å². The Bertz CT molecular complexity index is 3150. The highest BCUT2D eigenvalue weighted by Crippen LogP contribution is 2.42. The van der Waals surface area contributed by atoms with Gasteiger partial charge >= 0.3 is 53.9 Å². The third kappa shape index (κ3) is 67.2. The van der Waals surface area contributed by atoms with E-state index >= 15 is 0 Å². The molecule has 2 fully saturated rings. The Labute approximate surface area is 758 Å². The molecule has 24 nitrogen and oxygen atoms in total. The molecule has 0 aromatic heterocycles. The number of alkyl halides is 3. The first-order valence-electron chi connectivity index (χ1n) is 46.6. The first-order chi connectivity index (χ1) is 57.8. The highest BCUT2D eigenvalue weighted by molar-refractivity contribution is 5.91. The van der Waals surface area contributed by atoms with Crippen LogP contribution in [0, 0.1) is 118 Å². The van der Waals surface area contributed by atoms with Crippen molar-refractivity contribution >= 4 is 94.0 Å². The van der Waals surface area contributed by atoms with Crippen molar-refractivity contribution in [2.45, 2.75) is 388 Å². The second-order valence-corrected chi connectivity index (χ2v) is 38.0. The molecule has 8 atom stereocenters. The van der Waals surface area contributed by atoms with Crippen LogP contribution in [0.2, 0.25) is 0 Å². The summed E-state index contributed by atoms with van der Waals surface area (Å²) in [6, 6.07) is 0. The molecule has 0 amide bonds. The fraction of sp³-hybridized carbons (Fsp3) is 0.838. The number of ether oxygens (including phenoxy) is 8. The lowest BCUT2D eigenvalue weighted by Gasteiger charge is -2.24. The van der Waals surface area contributed by atoms with Gasteiger partial charge < -0.3 is 37.9 Å². The predicted octanol–water partition coefficient (Wildman–Crippen LogP) is 21.3. The average Bonchev–Trinajstić information content (AvgIpc) is 1.69. The Balaban J connectivity index is -0.000000327. The number of carbonyl (C=O) groups is 16. The first-order valence-corrected chi connectivity index (χ1v) is 46.6. The summed E-state index contributed by atoms with van der Waals surface area (Å²) in [5.41, 5.74) is -0.963. The molecule has 0 aromatic carbocycles. The molecule has 0 aliphatic heterocycles. The van der Waals surface area contributed by atoms with E-state index < -0.39 is 41.6 Å². The molecular weight excluding hydrogens is 1630 g/mol. The van der Waals surface area contributed by atoms with Crippen molar-refractivity contribution in [2.75, 3.05) is 33.0 Å². The lowest BCUT2D eigenvalue weighted by atomic mass is 9.84. The van der Waals surface area contributed by atoms with Crippen LogP contribution < -0.4 is 0 Å². The molecule has 2 saturated carbocycles. The summed E-state index contributed by atoms with van der Waals surface area (Å²) in [4.78, 5) is 186. The zero-order chi connectivity index (χ0) is 99.8. The summed E-state index contributed by atoms with van der Waals surface area (Å²) in [7, 11) is 0. The quantitative estimate of drug-likeness (QED) is 0.0403. The molecule has 2 aliphatic rings. The van der Waals surface area contributed by atoms with Gasteiger partial charge in [0, 0.05) is 101 Å². The van der Waals surface area contributed by atoms with E-state index in [0.29, 0.717) is 51.1 Å². The lowest BCUT2D eigenvalue weighted by molar-refractivity contribution is -0.158. The van der Waals surface area contributed by atoms with Crippen LogP contribution in [0.1, 0.15) is 365 Å². The molecule has 0 radical (unpaired) electrons. The largest absolute Gasteiger partial charge is 0.466 e. The molecule has 0 heterocycles. The minimum absolute atomic E-state index is 0.00373. The fourth-order valence-electron chi connectivity index (χ4n) is 12.9. The van der Waals surface area contributed by atoms with E-state index in [2.05, 4.69) is 4.74 Å². The van der Waals surface area contributed by atoms with Crippen LogP contribution in [-0.2, 0) is 115 Å². The summed E-state index contributed by atoms with van der Waals surface area (Å²) in [5.74, 6) is -2.92. The number of Topliss-reactive ketones (excluding diaryl/α,β-unsaturated/α-hetero) is 8. The Morgan fingerprint density at radius 2 is 0.516 bits per heavy atom. The molecule has 736 valence electrons. The molecule has 2 rings (SSSR count). The summed E-state index contributed by atoms with van der Waals surface area (Å²) in [6.45, 7) is 68.2. The Kier molecular flexibility index (Phi) is 70.9. The van der Waals surface area contributed by atoms with Crippen molar-refractivity contribution < 1.29 is 128 Å². The van der Waals surface area contributed by atoms with Crippen LogP contribution in [0.15, 0.2) is 0 Å². The normalized spacial score (nSPS) is 14.3. The Morgan fingerprint density at radius 1 is 0.286 bits per heavy atom. The number of rotatable bonds is 48. The van der Waals surface area contributed by atoms with Gasteiger partial charge in [-0.05, 0) is 165 Å². The van der Waals surface area contributed by atoms with Crippen LogP contribution in [0.4, 0.5) is 13.2 Å². The van der Waals surface area contributed by atoms with Crippen molar-refractivity contribution in [1.29, 1.82) is 0 Å². The topological polar surface area (TPSA) is 347 Å². The van der Waals surface area contributed by atoms with Crippen LogP contribution in [0.25, 0.3) is 0 Å². The number of carbonyl (C=O) groups excluding carboxylic acids is 16. The van der Waals surface area contributed by atoms with Crippen LogP contribution in [0.3, 0.4) is 0 Å². The summed E-state index contributed by atoms with van der Waals surface area (Å²) >= 11 is 0. The molecule has 27 heteroatoms. The van der Waals surface area contributed by atoms with Gasteiger partial charge in [0.1, 0.15) is 57.5 Å². The molecular formula is C99H175F3O24. The van der Waals surface area contributed by atoms with Gasteiger partial charge in [0.25, 0.3) is 0 Å². The van der Waals surface area contributed by atoms with Gasteiger partial charge in [-0.2, -0.15) is 13.2 Å². The van der Waals surface area contributed by atoms with E-state index in [-0.39, 0.29) is 253 Å². The van der Waals surface area contributed by atoms with Gasteiger partial charge in [-0.1, -0.05) is 166 Å². The highest BCUT2D eigenvalue weighted by Gasteiger charge is 2.41.